The third-order valence-corrected chi connectivity index (χ3v) is 3.82. The zero-order chi connectivity index (χ0) is 17.1. The van der Waals surface area contributed by atoms with Gasteiger partial charge >= 0.3 is 0 Å². The zero-order valence-electron chi connectivity index (χ0n) is 13.8. The van der Waals surface area contributed by atoms with Crippen LogP contribution in [0.3, 0.4) is 0 Å². The van der Waals surface area contributed by atoms with E-state index in [0.717, 1.165) is 17.0 Å². The molecule has 0 fully saturated rings. The lowest BCUT2D eigenvalue weighted by Gasteiger charge is -2.10. The van der Waals surface area contributed by atoms with Gasteiger partial charge < -0.3 is 10.1 Å². The van der Waals surface area contributed by atoms with Crippen LogP contribution >= 0.6 is 0 Å². The van der Waals surface area contributed by atoms with E-state index in [9.17, 15) is 4.79 Å². The van der Waals surface area contributed by atoms with Gasteiger partial charge in [-0.15, -0.1) is 0 Å². The smallest absolute Gasteiger partial charge is 0.252 e. The Bertz CT molecular complexity index is 872. The first-order valence-electron chi connectivity index (χ1n) is 7.54. The molecule has 0 aliphatic rings. The van der Waals surface area contributed by atoms with Crippen LogP contribution in [0, 0.1) is 13.8 Å². The van der Waals surface area contributed by atoms with Crippen LogP contribution in [-0.2, 0) is 11.2 Å². The first-order chi connectivity index (χ1) is 11.6. The Morgan fingerprint density at radius 1 is 1.29 bits per heavy atom. The maximum absolute atomic E-state index is 12.2. The van der Waals surface area contributed by atoms with Crippen molar-refractivity contribution in [3.05, 3.63) is 41.6 Å². The zero-order valence-corrected chi connectivity index (χ0v) is 13.8. The molecular weight excluding hydrogens is 308 g/mol. The van der Waals surface area contributed by atoms with Gasteiger partial charge in [0.2, 0.25) is 11.8 Å². The predicted molar refractivity (Wildman–Crippen MR) is 88.0 cm³/mol. The van der Waals surface area contributed by atoms with Crippen molar-refractivity contribution >= 4 is 17.4 Å². The highest BCUT2D eigenvalue weighted by atomic mass is 16.5. The fourth-order valence-corrected chi connectivity index (χ4v) is 2.55. The van der Waals surface area contributed by atoms with Crippen molar-refractivity contribution in [3.8, 4) is 5.88 Å². The van der Waals surface area contributed by atoms with E-state index < -0.39 is 0 Å². The van der Waals surface area contributed by atoms with E-state index in [4.69, 9.17) is 4.74 Å². The first-order valence-corrected chi connectivity index (χ1v) is 7.54. The number of carbonyl (C=O) groups excluding carboxylic acids is 1. The Morgan fingerprint density at radius 2 is 2.12 bits per heavy atom. The second kappa shape index (κ2) is 6.61. The van der Waals surface area contributed by atoms with Gasteiger partial charge in [0.1, 0.15) is 6.33 Å². The molecule has 8 heteroatoms. The van der Waals surface area contributed by atoms with Crippen LogP contribution in [-0.4, -0.2) is 37.6 Å². The van der Waals surface area contributed by atoms with Gasteiger partial charge in [-0.05, 0) is 31.9 Å². The van der Waals surface area contributed by atoms with Crippen LogP contribution in [0.1, 0.15) is 23.4 Å². The molecule has 24 heavy (non-hydrogen) atoms. The first kappa shape index (κ1) is 15.9. The van der Waals surface area contributed by atoms with Crippen molar-refractivity contribution in [1.29, 1.82) is 0 Å². The maximum atomic E-state index is 12.2. The maximum Gasteiger partial charge on any atom is 0.252 e. The molecule has 0 unspecified atom stereocenters. The predicted octanol–water partition coefficient (Wildman–Crippen LogP) is 1.72. The van der Waals surface area contributed by atoms with E-state index in [1.54, 1.807) is 30.0 Å². The fraction of sp³-hybridized carbons (Fsp3) is 0.312. The SMILES string of the molecule is COc1ccc(NC(=O)CCc2c(C)nc3ncnn3c2C)cn1. The number of pyridine rings is 1. The van der Waals surface area contributed by atoms with Gasteiger partial charge in [0.15, 0.2) is 0 Å². The minimum Gasteiger partial charge on any atom is -0.481 e. The minimum atomic E-state index is -0.0838. The van der Waals surface area contributed by atoms with Crippen molar-refractivity contribution in [3.63, 3.8) is 0 Å². The number of ether oxygens (including phenoxy) is 1. The molecule has 0 aromatic carbocycles. The number of nitrogens with zero attached hydrogens (tertiary/aromatic N) is 5. The number of aryl methyl sites for hydroxylation is 2. The average molecular weight is 326 g/mol. The lowest BCUT2D eigenvalue weighted by molar-refractivity contribution is -0.116. The topological polar surface area (TPSA) is 94.3 Å². The highest BCUT2D eigenvalue weighted by Gasteiger charge is 2.12. The Hall–Kier alpha value is -3.03. The summed E-state index contributed by atoms with van der Waals surface area (Å²) < 4.78 is 6.68. The van der Waals surface area contributed by atoms with E-state index in [-0.39, 0.29) is 5.91 Å². The number of aromatic nitrogens is 5. The van der Waals surface area contributed by atoms with Crippen LogP contribution in [0.15, 0.2) is 24.7 Å². The molecule has 0 spiro atoms. The molecule has 1 N–H and O–H groups in total. The molecule has 0 atom stereocenters. The van der Waals surface area contributed by atoms with Crippen LogP contribution in [0.25, 0.3) is 5.78 Å². The molecule has 8 nitrogen and oxygen atoms in total. The number of anilines is 1. The number of amides is 1. The molecule has 0 radical (unpaired) electrons. The summed E-state index contributed by atoms with van der Waals surface area (Å²) in [7, 11) is 1.55. The molecular formula is C16H18N6O2. The van der Waals surface area contributed by atoms with Gasteiger partial charge in [-0.3, -0.25) is 4.79 Å². The Morgan fingerprint density at radius 3 is 2.83 bits per heavy atom. The number of methoxy groups -OCH3 is 1. The molecule has 3 aromatic heterocycles. The summed E-state index contributed by atoms with van der Waals surface area (Å²) in [6, 6.07) is 3.45. The molecule has 3 heterocycles. The minimum absolute atomic E-state index is 0.0838. The highest BCUT2D eigenvalue weighted by molar-refractivity contribution is 5.90. The lowest BCUT2D eigenvalue weighted by atomic mass is 10.1. The van der Waals surface area contributed by atoms with Crippen molar-refractivity contribution in [2.75, 3.05) is 12.4 Å². The Balaban J connectivity index is 1.67. The van der Waals surface area contributed by atoms with E-state index in [1.807, 2.05) is 13.8 Å². The van der Waals surface area contributed by atoms with E-state index in [0.29, 0.717) is 30.2 Å². The van der Waals surface area contributed by atoms with E-state index in [1.165, 1.54) is 6.33 Å². The van der Waals surface area contributed by atoms with Crippen LogP contribution in [0.4, 0.5) is 5.69 Å². The van der Waals surface area contributed by atoms with Crippen LogP contribution < -0.4 is 10.1 Å². The third-order valence-electron chi connectivity index (χ3n) is 3.82. The summed E-state index contributed by atoms with van der Waals surface area (Å²) in [6.45, 7) is 3.87. The molecule has 124 valence electrons. The molecule has 3 aromatic rings. The fourth-order valence-electron chi connectivity index (χ4n) is 2.55. The summed E-state index contributed by atoms with van der Waals surface area (Å²) in [5, 5.41) is 6.98. The molecule has 3 rings (SSSR count). The van der Waals surface area contributed by atoms with Crippen molar-refractivity contribution < 1.29 is 9.53 Å². The monoisotopic (exact) mass is 326 g/mol. The van der Waals surface area contributed by atoms with E-state index in [2.05, 4.69) is 25.4 Å². The molecule has 0 saturated heterocycles. The Kier molecular flexibility index (Phi) is 4.37. The lowest BCUT2D eigenvalue weighted by Crippen LogP contribution is -2.14. The third kappa shape index (κ3) is 3.17. The number of carbonyl (C=O) groups is 1. The molecule has 0 bridgehead atoms. The molecule has 0 saturated carbocycles. The van der Waals surface area contributed by atoms with Gasteiger partial charge in [-0.1, -0.05) is 0 Å². The number of nitrogens with one attached hydrogen (secondary N) is 1. The molecule has 0 aliphatic carbocycles. The van der Waals surface area contributed by atoms with Gasteiger partial charge in [0, 0.05) is 23.9 Å². The van der Waals surface area contributed by atoms with Gasteiger partial charge in [0.25, 0.3) is 5.78 Å². The quantitative estimate of drug-likeness (QED) is 0.767. The van der Waals surface area contributed by atoms with Gasteiger partial charge in [0.05, 0.1) is 19.0 Å². The van der Waals surface area contributed by atoms with Crippen molar-refractivity contribution in [2.24, 2.45) is 0 Å². The van der Waals surface area contributed by atoms with Crippen LogP contribution in [0.2, 0.25) is 0 Å². The summed E-state index contributed by atoms with van der Waals surface area (Å²) in [5.41, 5.74) is 3.47. The standard InChI is InChI=1S/C16H18N6O2/c1-10-13(11(2)22-16(20-10)18-9-19-22)5-6-14(23)21-12-4-7-15(24-3)17-8-12/h4,7-9H,5-6H2,1-3H3,(H,21,23). The Labute approximate surface area is 138 Å². The summed E-state index contributed by atoms with van der Waals surface area (Å²) in [5.74, 6) is 0.994. The van der Waals surface area contributed by atoms with Crippen LogP contribution in [0.5, 0.6) is 5.88 Å². The normalized spacial score (nSPS) is 10.8. The number of hydrogen-bond donors (Lipinski definition) is 1. The average Bonchev–Trinajstić information content (AvgIpc) is 3.04. The molecule has 0 aliphatic heterocycles. The van der Waals surface area contributed by atoms with Crippen molar-refractivity contribution in [1.82, 2.24) is 24.6 Å². The van der Waals surface area contributed by atoms with Crippen molar-refractivity contribution in [2.45, 2.75) is 26.7 Å². The second-order valence-corrected chi connectivity index (χ2v) is 5.37. The highest BCUT2D eigenvalue weighted by Crippen LogP contribution is 2.16. The summed E-state index contributed by atoms with van der Waals surface area (Å²) >= 11 is 0. The van der Waals surface area contributed by atoms with Gasteiger partial charge in [-0.25, -0.2) is 14.5 Å². The summed E-state index contributed by atoms with van der Waals surface area (Å²) in [6.07, 6.45) is 3.96. The van der Waals surface area contributed by atoms with E-state index >= 15 is 0 Å². The second-order valence-electron chi connectivity index (χ2n) is 5.37. The number of fused-ring (bicyclic) bond motifs is 1. The summed E-state index contributed by atoms with van der Waals surface area (Å²) in [4.78, 5) is 24.7. The largest absolute Gasteiger partial charge is 0.481 e. The molecule has 1 amide bonds. The number of hydrogen-bond acceptors (Lipinski definition) is 6. The van der Waals surface area contributed by atoms with Gasteiger partial charge in [-0.2, -0.15) is 10.1 Å². The number of rotatable bonds is 5.